The molecule has 9 nitrogen and oxygen atoms in total. The molecule has 0 bridgehead atoms. The van der Waals surface area contributed by atoms with Crippen molar-refractivity contribution in [2.75, 3.05) is 33.4 Å². The van der Waals surface area contributed by atoms with Crippen LogP contribution in [0.2, 0.25) is 0 Å². The van der Waals surface area contributed by atoms with Gasteiger partial charge in [0, 0.05) is 19.3 Å². The predicted molar refractivity (Wildman–Crippen MR) is 96.7 cm³/mol. The molecule has 1 heterocycles. The molecule has 0 aliphatic carbocycles. The Balaban J connectivity index is 1.90. The quantitative estimate of drug-likeness (QED) is 0.294. The number of hydrogen-bond acceptors (Lipinski definition) is 8. The van der Waals surface area contributed by atoms with E-state index >= 15 is 0 Å². The average Bonchev–Trinajstić information content (AvgIpc) is 2.71. The van der Waals surface area contributed by atoms with Crippen LogP contribution in [0, 0.1) is 11.3 Å². The highest BCUT2D eigenvalue weighted by Gasteiger charge is 2.31. The van der Waals surface area contributed by atoms with Crippen LogP contribution in [-0.4, -0.2) is 62.2 Å². The number of methoxy groups -OCH3 is 1. The second kappa shape index (κ2) is 10.6. The predicted octanol–water partition coefficient (Wildman–Crippen LogP) is 0.380. The largest absolute Gasteiger partial charge is 0.490 e. The number of piperazine rings is 1. The number of esters is 2. The number of carbonyl (C=O) groups excluding carboxylic acids is 3. The van der Waals surface area contributed by atoms with Crippen LogP contribution in [0.1, 0.15) is 6.42 Å². The molecule has 0 radical (unpaired) electrons. The number of nitriles is 1. The van der Waals surface area contributed by atoms with E-state index in [1.807, 2.05) is 18.2 Å². The van der Waals surface area contributed by atoms with Gasteiger partial charge in [-0.25, -0.2) is 4.79 Å². The van der Waals surface area contributed by atoms with E-state index in [2.05, 4.69) is 10.1 Å². The Labute approximate surface area is 162 Å². The zero-order chi connectivity index (χ0) is 20.4. The number of carbonyl (C=O) groups is 3. The lowest BCUT2D eigenvalue weighted by Crippen LogP contribution is -2.54. The van der Waals surface area contributed by atoms with Crippen LogP contribution in [0.3, 0.4) is 0 Å². The van der Waals surface area contributed by atoms with Crippen molar-refractivity contribution in [2.45, 2.75) is 12.5 Å². The summed E-state index contributed by atoms with van der Waals surface area (Å²) in [6.45, 7) is 0.870. The van der Waals surface area contributed by atoms with Gasteiger partial charge in [-0.3, -0.25) is 9.59 Å². The number of ether oxygens (including phenoxy) is 3. The van der Waals surface area contributed by atoms with Crippen molar-refractivity contribution in [1.82, 2.24) is 10.2 Å². The summed E-state index contributed by atoms with van der Waals surface area (Å²) in [6.07, 6.45) is 1.01. The van der Waals surface area contributed by atoms with Crippen LogP contribution in [0.15, 0.2) is 42.1 Å². The molecule has 1 saturated heterocycles. The Morgan fingerprint density at radius 2 is 2.07 bits per heavy atom. The second-order valence-electron chi connectivity index (χ2n) is 5.78. The Kier molecular flexibility index (Phi) is 7.84. The van der Waals surface area contributed by atoms with E-state index in [9.17, 15) is 14.4 Å². The first-order chi connectivity index (χ1) is 13.5. The van der Waals surface area contributed by atoms with Crippen LogP contribution in [0.4, 0.5) is 0 Å². The normalized spacial score (nSPS) is 16.6. The number of amides is 1. The third-order valence-electron chi connectivity index (χ3n) is 3.91. The zero-order valence-corrected chi connectivity index (χ0v) is 15.4. The average molecular weight is 387 g/mol. The first-order valence-electron chi connectivity index (χ1n) is 8.62. The smallest absolute Gasteiger partial charge is 0.350 e. The number of hydrogen-bond donors (Lipinski definition) is 1. The van der Waals surface area contributed by atoms with E-state index < -0.39 is 18.0 Å². The molecule has 1 N–H and O–H groups in total. The summed E-state index contributed by atoms with van der Waals surface area (Å²) >= 11 is 0. The number of nitrogens with zero attached hydrogens (tertiary/aromatic N) is 2. The van der Waals surface area contributed by atoms with Gasteiger partial charge >= 0.3 is 11.9 Å². The number of para-hydroxylation sites is 1. The molecule has 0 aromatic heterocycles. The molecule has 1 aromatic rings. The van der Waals surface area contributed by atoms with E-state index in [4.69, 9.17) is 14.7 Å². The molecule has 1 fully saturated rings. The highest BCUT2D eigenvalue weighted by Crippen LogP contribution is 2.13. The van der Waals surface area contributed by atoms with Gasteiger partial charge in [-0.15, -0.1) is 0 Å². The lowest BCUT2D eigenvalue weighted by atomic mass is 10.1. The molecule has 1 unspecified atom stereocenters. The maximum atomic E-state index is 12.2. The summed E-state index contributed by atoms with van der Waals surface area (Å²) < 4.78 is 15.1. The Bertz CT molecular complexity index is 772. The molecule has 0 spiro atoms. The minimum Gasteiger partial charge on any atom is -0.490 e. The molecular formula is C19H21N3O6. The van der Waals surface area contributed by atoms with Gasteiger partial charge in [0.15, 0.2) is 5.57 Å². The summed E-state index contributed by atoms with van der Waals surface area (Å²) in [5.74, 6) is -1.13. The summed E-state index contributed by atoms with van der Waals surface area (Å²) in [5, 5.41) is 11.7. The second-order valence-corrected chi connectivity index (χ2v) is 5.78. The zero-order valence-electron chi connectivity index (χ0n) is 15.4. The SMILES string of the molecule is COC(=O)/C(C#N)=C/N1CCNC(=O)C1CC(=O)OCCOc1ccccc1. The first kappa shape index (κ1) is 20.8. The molecule has 1 aliphatic rings. The van der Waals surface area contributed by atoms with Crippen LogP contribution in [0.25, 0.3) is 0 Å². The van der Waals surface area contributed by atoms with Gasteiger partial charge in [-0.05, 0) is 12.1 Å². The fourth-order valence-corrected chi connectivity index (χ4v) is 2.55. The highest BCUT2D eigenvalue weighted by atomic mass is 16.6. The molecule has 1 aromatic carbocycles. The molecule has 1 atom stereocenters. The van der Waals surface area contributed by atoms with Gasteiger partial charge < -0.3 is 24.4 Å². The fourth-order valence-electron chi connectivity index (χ4n) is 2.55. The summed E-state index contributed by atoms with van der Waals surface area (Å²) in [4.78, 5) is 37.3. The van der Waals surface area contributed by atoms with Crippen molar-refractivity contribution in [2.24, 2.45) is 0 Å². The monoisotopic (exact) mass is 387 g/mol. The number of benzene rings is 1. The van der Waals surface area contributed by atoms with Gasteiger partial charge in [-0.2, -0.15) is 5.26 Å². The van der Waals surface area contributed by atoms with E-state index in [1.54, 1.807) is 18.2 Å². The highest BCUT2D eigenvalue weighted by molar-refractivity contribution is 5.93. The molecular weight excluding hydrogens is 366 g/mol. The van der Waals surface area contributed by atoms with Crippen molar-refractivity contribution >= 4 is 17.8 Å². The van der Waals surface area contributed by atoms with E-state index in [-0.39, 0.29) is 31.1 Å². The van der Waals surface area contributed by atoms with Gasteiger partial charge in [-0.1, -0.05) is 18.2 Å². The third kappa shape index (κ3) is 6.02. The number of nitrogens with one attached hydrogen (secondary N) is 1. The molecule has 0 saturated carbocycles. The molecule has 9 heteroatoms. The lowest BCUT2D eigenvalue weighted by Gasteiger charge is -2.33. The standard InChI is InChI=1S/C19H21N3O6/c1-26-19(25)14(12-20)13-22-8-7-21-18(24)16(22)11-17(23)28-10-9-27-15-5-3-2-4-6-15/h2-6,13,16H,7-11H2,1H3,(H,21,24)/b14-13+. The van der Waals surface area contributed by atoms with Gasteiger partial charge in [0.25, 0.3) is 0 Å². The summed E-state index contributed by atoms with van der Waals surface area (Å²) in [7, 11) is 1.16. The Morgan fingerprint density at radius 3 is 2.75 bits per heavy atom. The molecule has 2 rings (SSSR count). The van der Waals surface area contributed by atoms with E-state index in [0.717, 1.165) is 7.11 Å². The van der Waals surface area contributed by atoms with Crippen molar-refractivity contribution in [1.29, 1.82) is 5.26 Å². The van der Waals surface area contributed by atoms with Gasteiger partial charge in [0.1, 0.15) is 31.1 Å². The maximum absolute atomic E-state index is 12.2. The fraction of sp³-hybridized carbons (Fsp3) is 0.368. The van der Waals surface area contributed by atoms with Crippen molar-refractivity contribution in [3.8, 4) is 11.8 Å². The van der Waals surface area contributed by atoms with E-state index in [1.165, 1.54) is 11.1 Å². The Morgan fingerprint density at radius 1 is 1.32 bits per heavy atom. The van der Waals surface area contributed by atoms with Gasteiger partial charge in [0.05, 0.1) is 13.5 Å². The Hall–Kier alpha value is -3.54. The van der Waals surface area contributed by atoms with Crippen LogP contribution in [0.5, 0.6) is 5.75 Å². The molecule has 148 valence electrons. The molecule has 28 heavy (non-hydrogen) atoms. The lowest BCUT2D eigenvalue weighted by molar-refractivity contribution is -0.148. The summed E-state index contributed by atoms with van der Waals surface area (Å²) in [6, 6.07) is 9.93. The topological polar surface area (TPSA) is 118 Å². The van der Waals surface area contributed by atoms with E-state index in [0.29, 0.717) is 18.8 Å². The van der Waals surface area contributed by atoms with Crippen molar-refractivity contribution < 1.29 is 28.6 Å². The minimum absolute atomic E-state index is 0.0313. The van der Waals surface area contributed by atoms with Crippen LogP contribution < -0.4 is 10.1 Å². The minimum atomic E-state index is -0.885. The third-order valence-corrected chi connectivity index (χ3v) is 3.91. The van der Waals surface area contributed by atoms with Crippen LogP contribution in [-0.2, 0) is 23.9 Å². The molecule has 1 amide bonds. The van der Waals surface area contributed by atoms with Crippen LogP contribution >= 0.6 is 0 Å². The number of rotatable bonds is 8. The maximum Gasteiger partial charge on any atom is 0.350 e. The van der Waals surface area contributed by atoms with Crippen molar-refractivity contribution in [3.63, 3.8) is 0 Å². The van der Waals surface area contributed by atoms with Gasteiger partial charge in [0.2, 0.25) is 5.91 Å². The van der Waals surface area contributed by atoms with Crippen molar-refractivity contribution in [3.05, 3.63) is 42.1 Å². The first-order valence-corrected chi connectivity index (χ1v) is 8.62. The molecule has 1 aliphatic heterocycles. The summed E-state index contributed by atoms with van der Waals surface area (Å²) in [5.41, 5.74) is -0.258.